The van der Waals surface area contributed by atoms with Crippen LogP contribution < -0.4 is 5.56 Å². The van der Waals surface area contributed by atoms with Gasteiger partial charge < -0.3 is 0 Å². The highest BCUT2D eigenvalue weighted by molar-refractivity contribution is 7.17. The second-order valence-corrected chi connectivity index (χ2v) is 8.10. The number of carbonyl (C=O) groups is 2. The standard InChI is InChI=1S/C23H16FN3O3S/c24-15-8-6-14(7-9-15)18-12-31-20-19(18)23(30)26(13-25-20)10-3-11-27-21(28)16-4-1-2-5-17(16)22(27)29/h1-2,4-9,12-13H,3,10-11H2. The van der Waals surface area contributed by atoms with Crippen molar-refractivity contribution < 1.29 is 14.0 Å². The van der Waals surface area contributed by atoms with E-state index in [1.165, 1.54) is 39.3 Å². The molecule has 2 amide bonds. The van der Waals surface area contributed by atoms with E-state index in [4.69, 9.17) is 0 Å². The smallest absolute Gasteiger partial charge is 0.262 e. The zero-order chi connectivity index (χ0) is 21.5. The maximum Gasteiger partial charge on any atom is 0.262 e. The van der Waals surface area contributed by atoms with E-state index in [2.05, 4.69) is 4.98 Å². The average Bonchev–Trinajstić information content (AvgIpc) is 3.32. The molecule has 6 nitrogen and oxygen atoms in total. The van der Waals surface area contributed by atoms with Crippen molar-refractivity contribution in [2.24, 2.45) is 0 Å². The van der Waals surface area contributed by atoms with Crippen molar-refractivity contribution in [2.45, 2.75) is 13.0 Å². The van der Waals surface area contributed by atoms with Crippen molar-refractivity contribution >= 4 is 33.4 Å². The molecule has 0 bridgehead atoms. The van der Waals surface area contributed by atoms with Crippen molar-refractivity contribution in [1.82, 2.24) is 14.5 Å². The molecule has 0 fully saturated rings. The van der Waals surface area contributed by atoms with Crippen molar-refractivity contribution in [3.05, 3.63) is 87.5 Å². The number of fused-ring (bicyclic) bond motifs is 2. The molecule has 0 unspecified atom stereocenters. The number of benzene rings is 2. The Balaban J connectivity index is 1.37. The van der Waals surface area contributed by atoms with Gasteiger partial charge >= 0.3 is 0 Å². The molecule has 3 heterocycles. The van der Waals surface area contributed by atoms with Gasteiger partial charge in [-0.1, -0.05) is 24.3 Å². The number of aryl methyl sites for hydroxylation is 1. The first-order chi connectivity index (χ1) is 15.0. The van der Waals surface area contributed by atoms with Crippen molar-refractivity contribution in [3.63, 3.8) is 0 Å². The van der Waals surface area contributed by atoms with E-state index < -0.39 is 0 Å². The van der Waals surface area contributed by atoms with Gasteiger partial charge in [0, 0.05) is 24.0 Å². The molecule has 5 rings (SSSR count). The normalized spacial score (nSPS) is 13.3. The van der Waals surface area contributed by atoms with Crippen LogP contribution in [0.2, 0.25) is 0 Å². The minimum absolute atomic E-state index is 0.201. The third kappa shape index (κ3) is 3.25. The molecular formula is C23H16FN3O3S. The van der Waals surface area contributed by atoms with Crippen LogP contribution in [0.15, 0.2) is 65.0 Å². The molecule has 0 saturated heterocycles. The number of hydrogen-bond donors (Lipinski definition) is 0. The summed E-state index contributed by atoms with van der Waals surface area (Å²) in [4.78, 5) is 44.3. The lowest BCUT2D eigenvalue weighted by Gasteiger charge is -2.14. The van der Waals surface area contributed by atoms with Crippen molar-refractivity contribution in [1.29, 1.82) is 0 Å². The second kappa shape index (κ2) is 7.55. The first-order valence-corrected chi connectivity index (χ1v) is 10.6. The zero-order valence-corrected chi connectivity index (χ0v) is 17.1. The number of halogens is 1. The van der Waals surface area contributed by atoms with Gasteiger partial charge in [-0.15, -0.1) is 11.3 Å². The van der Waals surface area contributed by atoms with E-state index in [1.807, 2.05) is 5.38 Å². The number of rotatable bonds is 5. The summed E-state index contributed by atoms with van der Waals surface area (Å²) >= 11 is 1.36. The minimum atomic E-state index is -0.341. The van der Waals surface area contributed by atoms with E-state index in [9.17, 15) is 18.8 Å². The third-order valence-electron chi connectivity index (χ3n) is 5.37. The Hall–Kier alpha value is -3.65. The molecule has 8 heteroatoms. The molecule has 1 aliphatic rings. The summed E-state index contributed by atoms with van der Waals surface area (Å²) in [5.41, 5.74) is 2.08. The Morgan fingerprint density at radius 2 is 1.55 bits per heavy atom. The van der Waals surface area contributed by atoms with Crippen LogP contribution in [0.5, 0.6) is 0 Å². The lowest BCUT2D eigenvalue weighted by Crippen LogP contribution is -2.32. The summed E-state index contributed by atoms with van der Waals surface area (Å²) in [6.07, 6.45) is 1.91. The predicted molar refractivity (Wildman–Crippen MR) is 116 cm³/mol. The molecule has 0 aliphatic carbocycles. The number of imide groups is 1. The van der Waals surface area contributed by atoms with Gasteiger partial charge in [0.15, 0.2) is 0 Å². The van der Waals surface area contributed by atoms with Crippen LogP contribution in [0.3, 0.4) is 0 Å². The summed E-state index contributed by atoms with van der Waals surface area (Å²) < 4.78 is 14.8. The van der Waals surface area contributed by atoms with Crippen molar-refractivity contribution in [2.75, 3.05) is 6.54 Å². The molecule has 0 radical (unpaired) electrons. The fraction of sp³-hybridized carbons (Fsp3) is 0.130. The maximum atomic E-state index is 13.3. The Bertz CT molecular complexity index is 1360. The van der Waals surface area contributed by atoms with Crippen LogP contribution >= 0.6 is 11.3 Å². The van der Waals surface area contributed by atoms with Gasteiger partial charge in [0.05, 0.1) is 22.8 Å². The molecule has 0 saturated carbocycles. The fourth-order valence-corrected chi connectivity index (χ4v) is 4.72. The quantitative estimate of drug-likeness (QED) is 0.447. The first kappa shape index (κ1) is 19.3. The molecule has 2 aromatic heterocycles. The largest absolute Gasteiger partial charge is 0.299 e. The van der Waals surface area contributed by atoms with E-state index in [1.54, 1.807) is 36.4 Å². The topological polar surface area (TPSA) is 72.3 Å². The number of aromatic nitrogens is 2. The highest BCUT2D eigenvalue weighted by Gasteiger charge is 2.34. The molecule has 0 spiro atoms. The first-order valence-electron chi connectivity index (χ1n) is 9.72. The van der Waals surface area contributed by atoms with Gasteiger partial charge in [-0.05, 0) is 36.2 Å². The molecule has 4 aromatic rings. The number of carbonyl (C=O) groups excluding carboxylic acids is 2. The van der Waals surface area contributed by atoms with Crippen LogP contribution in [-0.4, -0.2) is 32.8 Å². The zero-order valence-electron chi connectivity index (χ0n) is 16.2. The number of hydrogen-bond acceptors (Lipinski definition) is 5. The summed E-state index contributed by atoms with van der Waals surface area (Å²) in [5.74, 6) is -0.956. The molecule has 1 aliphatic heterocycles. The Morgan fingerprint density at radius 1 is 0.871 bits per heavy atom. The van der Waals surface area contributed by atoms with Crippen LogP contribution in [-0.2, 0) is 6.54 Å². The SMILES string of the molecule is O=C1c2ccccc2C(=O)N1CCCn1cnc2scc(-c3ccc(F)cc3)c2c1=O. The van der Waals surface area contributed by atoms with Crippen LogP contribution in [0.1, 0.15) is 27.1 Å². The lowest BCUT2D eigenvalue weighted by atomic mass is 10.1. The van der Waals surface area contributed by atoms with E-state index in [0.29, 0.717) is 39.9 Å². The highest BCUT2D eigenvalue weighted by Crippen LogP contribution is 2.30. The van der Waals surface area contributed by atoms with Gasteiger partial charge in [-0.2, -0.15) is 0 Å². The van der Waals surface area contributed by atoms with Gasteiger partial charge in [0.2, 0.25) is 0 Å². The lowest BCUT2D eigenvalue weighted by molar-refractivity contribution is 0.0650. The van der Waals surface area contributed by atoms with Crippen LogP contribution in [0.4, 0.5) is 4.39 Å². The van der Waals surface area contributed by atoms with Gasteiger partial charge in [0.25, 0.3) is 17.4 Å². The summed E-state index contributed by atoms with van der Waals surface area (Å²) in [7, 11) is 0. The monoisotopic (exact) mass is 433 g/mol. The van der Waals surface area contributed by atoms with Crippen LogP contribution in [0.25, 0.3) is 21.3 Å². The molecule has 0 N–H and O–H groups in total. The molecule has 0 atom stereocenters. The Labute approximate surface area is 180 Å². The van der Waals surface area contributed by atoms with E-state index >= 15 is 0 Å². The van der Waals surface area contributed by atoms with Gasteiger partial charge in [-0.3, -0.25) is 23.9 Å². The number of amides is 2. The molecule has 154 valence electrons. The number of nitrogens with zero attached hydrogens (tertiary/aromatic N) is 3. The molecular weight excluding hydrogens is 417 g/mol. The molecule has 31 heavy (non-hydrogen) atoms. The van der Waals surface area contributed by atoms with E-state index in [-0.39, 0.29) is 29.7 Å². The molecule has 2 aromatic carbocycles. The summed E-state index contributed by atoms with van der Waals surface area (Å²) in [6, 6.07) is 12.7. The van der Waals surface area contributed by atoms with E-state index in [0.717, 1.165) is 5.56 Å². The fourth-order valence-electron chi connectivity index (χ4n) is 3.81. The predicted octanol–water partition coefficient (Wildman–Crippen LogP) is 3.95. The summed E-state index contributed by atoms with van der Waals surface area (Å²) in [5, 5.41) is 2.33. The van der Waals surface area contributed by atoms with Crippen LogP contribution in [0, 0.1) is 5.82 Å². The third-order valence-corrected chi connectivity index (χ3v) is 6.26. The highest BCUT2D eigenvalue weighted by atomic mass is 32.1. The number of thiophene rings is 1. The Kier molecular flexibility index (Phi) is 4.71. The average molecular weight is 433 g/mol. The minimum Gasteiger partial charge on any atom is -0.299 e. The Morgan fingerprint density at radius 3 is 2.23 bits per heavy atom. The summed E-state index contributed by atoms with van der Waals surface area (Å²) in [6.45, 7) is 0.527. The van der Waals surface area contributed by atoms with Gasteiger partial charge in [0.1, 0.15) is 10.6 Å². The second-order valence-electron chi connectivity index (χ2n) is 7.24. The van der Waals surface area contributed by atoms with Crippen molar-refractivity contribution in [3.8, 4) is 11.1 Å². The van der Waals surface area contributed by atoms with Gasteiger partial charge in [-0.25, -0.2) is 9.37 Å². The maximum absolute atomic E-state index is 13.3.